The maximum atomic E-state index is 12.2. The van der Waals surface area contributed by atoms with Gasteiger partial charge in [0.25, 0.3) is 0 Å². The Balaban J connectivity index is 2.17. The number of hydrogen-bond acceptors (Lipinski definition) is 4. The van der Waals surface area contributed by atoms with E-state index in [1.54, 1.807) is 20.2 Å². The van der Waals surface area contributed by atoms with Crippen LogP contribution >= 0.6 is 0 Å². The zero-order chi connectivity index (χ0) is 14.9. The number of nitrogens with one attached hydrogen (secondary N) is 1. The third-order valence-electron chi connectivity index (χ3n) is 3.44. The van der Waals surface area contributed by atoms with Crippen LogP contribution in [-0.2, 0) is 30.2 Å². The van der Waals surface area contributed by atoms with Crippen molar-refractivity contribution >= 4 is 10.0 Å². The summed E-state index contributed by atoms with van der Waals surface area (Å²) < 4.78 is 30.4. The molecule has 0 unspecified atom stereocenters. The summed E-state index contributed by atoms with van der Waals surface area (Å²) in [5.74, 6) is 0. The van der Waals surface area contributed by atoms with Crippen LogP contribution in [-0.4, -0.2) is 28.0 Å². The minimum Gasteiger partial charge on any atom is -0.272 e. The van der Waals surface area contributed by atoms with Crippen molar-refractivity contribution in [3.63, 3.8) is 0 Å². The van der Waals surface area contributed by atoms with Gasteiger partial charge in [0.05, 0.1) is 18.1 Å². The molecule has 0 amide bonds. The first-order valence-corrected chi connectivity index (χ1v) is 7.84. The van der Waals surface area contributed by atoms with Gasteiger partial charge in [-0.15, -0.1) is 0 Å². The molecule has 0 radical (unpaired) electrons. The summed E-state index contributed by atoms with van der Waals surface area (Å²) in [6.07, 6.45) is 3.05. The van der Waals surface area contributed by atoms with Gasteiger partial charge in [0.2, 0.25) is 10.0 Å². The van der Waals surface area contributed by atoms with Crippen LogP contribution in [0.15, 0.2) is 17.3 Å². The lowest BCUT2D eigenvalue weighted by Gasteiger charge is -2.06. The van der Waals surface area contributed by atoms with Gasteiger partial charge in [0.1, 0.15) is 4.90 Å². The van der Waals surface area contributed by atoms with Gasteiger partial charge in [-0.3, -0.25) is 9.36 Å². The molecule has 0 spiro atoms. The van der Waals surface area contributed by atoms with Crippen molar-refractivity contribution in [2.24, 2.45) is 7.05 Å². The van der Waals surface area contributed by atoms with Crippen LogP contribution in [0.4, 0.5) is 0 Å². The van der Waals surface area contributed by atoms with Crippen molar-refractivity contribution in [2.45, 2.75) is 38.8 Å². The molecule has 2 heterocycles. The van der Waals surface area contributed by atoms with Crippen LogP contribution in [0.1, 0.15) is 23.9 Å². The number of hydrogen-bond donors (Lipinski definition) is 1. The summed E-state index contributed by atoms with van der Waals surface area (Å²) in [5, 5.41) is 8.15. The van der Waals surface area contributed by atoms with E-state index in [1.165, 1.54) is 10.9 Å². The van der Waals surface area contributed by atoms with E-state index < -0.39 is 10.0 Å². The number of sulfonamides is 1. The fourth-order valence-electron chi connectivity index (χ4n) is 1.97. The molecule has 0 aliphatic heterocycles. The first kappa shape index (κ1) is 14.7. The summed E-state index contributed by atoms with van der Waals surface area (Å²) >= 11 is 0. The monoisotopic (exact) mass is 297 g/mol. The second-order valence-electron chi connectivity index (χ2n) is 4.61. The minimum atomic E-state index is -3.55. The van der Waals surface area contributed by atoms with Gasteiger partial charge in [-0.05, 0) is 20.8 Å². The maximum Gasteiger partial charge on any atom is 0.244 e. The van der Waals surface area contributed by atoms with Crippen LogP contribution in [0.3, 0.4) is 0 Å². The highest BCUT2D eigenvalue weighted by atomic mass is 32.2. The molecular formula is C12H19N5O2S. The van der Waals surface area contributed by atoms with E-state index in [9.17, 15) is 8.42 Å². The molecule has 2 aromatic rings. The van der Waals surface area contributed by atoms with Crippen LogP contribution in [0.5, 0.6) is 0 Å². The second kappa shape index (κ2) is 5.37. The van der Waals surface area contributed by atoms with Crippen molar-refractivity contribution in [1.29, 1.82) is 0 Å². The summed E-state index contributed by atoms with van der Waals surface area (Å²) in [6, 6.07) is 0. The lowest BCUT2D eigenvalue weighted by atomic mass is 10.3. The Hall–Kier alpha value is -1.67. The summed E-state index contributed by atoms with van der Waals surface area (Å²) in [5.41, 5.74) is 2.45. The molecular weight excluding hydrogens is 278 g/mol. The molecule has 0 fully saturated rings. The number of aryl methyl sites for hydroxylation is 2. The quantitative estimate of drug-likeness (QED) is 0.882. The average Bonchev–Trinajstić information content (AvgIpc) is 2.92. The van der Waals surface area contributed by atoms with Crippen molar-refractivity contribution in [2.75, 3.05) is 0 Å². The maximum absolute atomic E-state index is 12.2. The molecule has 7 nitrogen and oxygen atoms in total. The lowest BCUT2D eigenvalue weighted by molar-refractivity contribution is 0.579. The van der Waals surface area contributed by atoms with Gasteiger partial charge in [-0.1, -0.05) is 0 Å². The highest BCUT2D eigenvalue weighted by Crippen LogP contribution is 2.14. The van der Waals surface area contributed by atoms with Crippen molar-refractivity contribution in [3.05, 3.63) is 29.3 Å². The van der Waals surface area contributed by atoms with E-state index in [4.69, 9.17) is 0 Å². The van der Waals surface area contributed by atoms with E-state index >= 15 is 0 Å². The highest BCUT2D eigenvalue weighted by Gasteiger charge is 2.20. The topological polar surface area (TPSA) is 81.8 Å². The molecule has 0 aliphatic rings. The molecule has 0 bridgehead atoms. The van der Waals surface area contributed by atoms with E-state index in [1.807, 2.05) is 18.5 Å². The minimum absolute atomic E-state index is 0.209. The Morgan fingerprint density at radius 2 is 1.90 bits per heavy atom. The van der Waals surface area contributed by atoms with Gasteiger partial charge < -0.3 is 0 Å². The predicted molar refractivity (Wildman–Crippen MR) is 74.6 cm³/mol. The van der Waals surface area contributed by atoms with Crippen LogP contribution in [0.25, 0.3) is 0 Å². The SMILES string of the molecule is CCn1ncc(CNS(=O)(=O)c2cnn(C)c2C)c1C. The van der Waals surface area contributed by atoms with E-state index in [0.29, 0.717) is 5.69 Å². The van der Waals surface area contributed by atoms with Crippen molar-refractivity contribution in [3.8, 4) is 0 Å². The first-order valence-electron chi connectivity index (χ1n) is 6.36. The molecule has 2 aromatic heterocycles. The Morgan fingerprint density at radius 1 is 1.20 bits per heavy atom. The molecule has 1 N–H and O–H groups in total. The highest BCUT2D eigenvalue weighted by molar-refractivity contribution is 7.89. The third kappa shape index (κ3) is 2.61. The molecule has 0 atom stereocenters. The van der Waals surface area contributed by atoms with Gasteiger partial charge in [-0.25, -0.2) is 13.1 Å². The first-order chi connectivity index (χ1) is 9.36. The van der Waals surface area contributed by atoms with E-state index in [2.05, 4.69) is 14.9 Å². The Labute approximate surface area is 118 Å². The van der Waals surface area contributed by atoms with Gasteiger partial charge in [-0.2, -0.15) is 10.2 Å². The molecule has 2 rings (SSSR count). The molecule has 110 valence electrons. The second-order valence-corrected chi connectivity index (χ2v) is 6.35. The lowest BCUT2D eigenvalue weighted by Crippen LogP contribution is -2.24. The summed E-state index contributed by atoms with van der Waals surface area (Å²) in [6.45, 7) is 6.63. The standard InChI is InChI=1S/C12H19N5O2S/c1-5-17-9(2)11(6-14-17)7-15-20(18,19)12-8-13-16(4)10(12)3/h6,8,15H,5,7H2,1-4H3. The Kier molecular flexibility index (Phi) is 3.96. The van der Waals surface area contributed by atoms with Gasteiger partial charge in [0, 0.05) is 31.4 Å². The summed E-state index contributed by atoms with van der Waals surface area (Å²) in [7, 11) is -1.84. The number of nitrogens with zero attached hydrogens (tertiary/aromatic N) is 4. The molecule has 0 aliphatic carbocycles. The van der Waals surface area contributed by atoms with E-state index in [0.717, 1.165) is 17.8 Å². The molecule has 20 heavy (non-hydrogen) atoms. The van der Waals surface area contributed by atoms with E-state index in [-0.39, 0.29) is 11.4 Å². The zero-order valence-electron chi connectivity index (χ0n) is 12.1. The average molecular weight is 297 g/mol. The summed E-state index contributed by atoms with van der Waals surface area (Å²) in [4.78, 5) is 0.209. The molecule has 0 saturated heterocycles. The zero-order valence-corrected chi connectivity index (χ0v) is 12.9. The molecule has 8 heteroatoms. The largest absolute Gasteiger partial charge is 0.272 e. The fourth-order valence-corrected chi connectivity index (χ4v) is 3.18. The van der Waals surface area contributed by atoms with Crippen LogP contribution in [0.2, 0.25) is 0 Å². The van der Waals surface area contributed by atoms with Crippen LogP contribution in [0, 0.1) is 13.8 Å². The molecule has 0 saturated carbocycles. The number of rotatable bonds is 5. The van der Waals surface area contributed by atoms with Gasteiger partial charge in [0.15, 0.2) is 0 Å². The fraction of sp³-hybridized carbons (Fsp3) is 0.500. The number of aromatic nitrogens is 4. The Bertz CT molecular complexity index is 714. The molecule has 0 aromatic carbocycles. The van der Waals surface area contributed by atoms with Gasteiger partial charge >= 0.3 is 0 Å². The predicted octanol–water partition coefficient (Wildman–Crippen LogP) is 0.732. The van der Waals surface area contributed by atoms with Crippen molar-refractivity contribution < 1.29 is 8.42 Å². The smallest absolute Gasteiger partial charge is 0.244 e. The third-order valence-corrected chi connectivity index (χ3v) is 4.94. The normalized spacial score (nSPS) is 12.0. The van der Waals surface area contributed by atoms with Crippen molar-refractivity contribution in [1.82, 2.24) is 24.3 Å². The Morgan fingerprint density at radius 3 is 2.40 bits per heavy atom. The van der Waals surface area contributed by atoms with Crippen LogP contribution < -0.4 is 4.72 Å².